The Hall–Kier alpha value is -1.29. The lowest BCUT2D eigenvalue weighted by molar-refractivity contribution is 0.0657. The van der Waals surface area contributed by atoms with Crippen molar-refractivity contribution in [2.45, 2.75) is 52.6 Å². The molecule has 0 spiro atoms. The molecule has 1 atom stereocenters. The Morgan fingerprint density at radius 3 is 2.67 bits per heavy atom. The summed E-state index contributed by atoms with van der Waals surface area (Å²) in [4.78, 5) is 13.1. The number of hydrogen-bond donors (Lipinski definition) is 1. The quantitative estimate of drug-likeness (QED) is 0.771. The van der Waals surface area contributed by atoms with E-state index in [-0.39, 0.29) is 5.76 Å². The molecule has 0 aliphatic rings. The minimum absolute atomic E-state index is 0.0181. The van der Waals surface area contributed by atoms with Crippen molar-refractivity contribution >= 4 is 5.97 Å². The van der Waals surface area contributed by atoms with Gasteiger partial charge in [-0.15, -0.1) is 0 Å². The highest BCUT2D eigenvalue weighted by Crippen LogP contribution is 2.14. The van der Waals surface area contributed by atoms with Gasteiger partial charge in [-0.25, -0.2) is 4.79 Å². The maximum absolute atomic E-state index is 10.8. The Balaban J connectivity index is 2.65. The first kappa shape index (κ1) is 14.8. The van der Waals surface area contributed by atoms with Gasteiger partial charge in [-0.2, -0.15) is 0 Å². The van der Waals surface area contributed by atoms with Crippen LogP contribution in [0.4, 0.5) is 0 Å². The van der Waals surface area contributed by atoms with Crippen molar-refractivity contribution < 1.29 is 14.3 Å². The van der Waals surface area contributed by atoms with Crippen LogP contribution in [-0.4, -0.2) is 28.6 Å². The molecular formula is C14H23NO3. The molecule has 0 saturated carbocycles. The molecular weight excluding hydrogens is 230 g/mol. The van der Waals surface area contributed by atoms with Gasteiger partial charge < -0.3 is 9.52 Å². The summed E-state index contributed by atoms with van der Waals surface area (Å²) in [6.45, 7) is 8.23. The molecule has 18 heavy (non-hydrogen) atoms. The van der Waals surface area contributed by atoms with Gasteiger partial charge in [0, 0.05) is 6.04 Å². The second-order valence-corrected chi connectivity index (χ2v) is 4.65. The number of nitrogens with zero attached hydrogens (tertiary/aromatic N) is 1. The zero-order chi connectivity index (χ0) is 13.5. The molecule has 0 amide bonds. The van der Waals surface area contributed by atoms with Gasteiger partial charge in [-0.3, -0.25) is 4.90 Å². The number of aromatic carboxylic acids is 1. The summed E-state index contributed by atoms with van der Waals surface area (Å²) in [5.41, 5.74) is 0. The van der Waals surface area contributed by atoms with Crippen LogP contribution >= 0.6 is 0 Å². The van der Waals surface area contributed by atoms with Crippen molar-refractivity contribution in [2.24, 2.45) is 0 Å². The predicted octanol–water partition coefficient (Wildman–Crippen LogP) is 3.38. The van der Waals surface area contributed by atoms with Crippen molar-refractivity contribution in [3.05, 3.63) is 23.7 Å². The maximum Gasteiger partial charge on any atom is 0.371 e. The fourth-order valence-corrected chi connectivity index (χ4v) is 1.85. The molecule has 1 aromatic heterocycles. The maximum atomic E-state index is 10.8. The monoisotopic (exact) mass is 253 g/mol. The minimum Gasteiger partial charge on any atom is -0.475 e. The number of carbonyl (C=O) groups is 1. The first-order chi connectivity index (χ1) is 8.58. The first-order valence-corrected chi connectivity index (χ1v) is 6.64. The summed E-state index contributed by atoms with van der Waals surface area (Å²) >= 11 is 0. The lowest BCUT2D eigenvalue weighted by Crippen LogP contribution is -2.32. The Morgan fingerprint density at radius 1 is 1.44 bits per heavy atom. The molecule has 1 heterocycles. The van der Waals surface area contributed by atoms with Crippen molar-refractivity contribution in [1.29, 1.82) is 0 Å². The predicted molar refractivity (Wildman–Crippen MR) is 70.7 cm³/mol. The van der Waals surface area contributed by atoms with Crippen LogP contribution in [0.15, 0.2) is 16.5 Å². The van der Waals surface area contributed by atoms with Crippen molar-refractivity contribution in [3.63, 3.8) is 0 Å². The van der Waals surface area contributed by atoms with Crippen molar-refractivity contribution in [3.8, 4) is 0 Å². The van der Waals surface area contributed by atoms with Crippen molar-refractivity contribution in [2.75, 3.05) is 6.54 Å². The van der Waals surface area contributed by atoms with E-state index in [1.54, 1.807) is 6.07 Å². The summed E-state index contributed by atoms with van der Waals surface area (Å²) < 4.78 is 5.31. The smallest absolute Gasteiger partial charge is 0.371 e. The second-order valence-electron chi connectivity index (χ2n) is 4.65. The molecule has 0 aliphatic carbocycles. The van der Waals surface area contributed by atoms with Gasteiger partial charge in [0.2, 0.25) is 5.76 Å². The van der Waals surface area contributed by atoms with E-state index in [2.05, 4.69) is 25.7 Å². The summed E-state index contributed by atoms with van der Waals surface area (Å²) in [5, 5.41) is 8.82. The summed E-state index contributed by atoms with van der Waals surface area (Å²) in [7, 11) is 0. The van der Waals surface area contributed by atoms with Gasteiger partial charge in [-0.05, 0) is 38.4 Å². The number of carboxylic acids is 1. The lowest BCUT2D eigenvalue weighted by Gasteiger charge is -2.27. The van der Waals surface area contributed by atoms with E-state index < -0.39 is 5.97 Å². The molecule has 0 fully saturated rings. The molecule has 0 aromatic carbocycles. The molecule has 0 aliphatic heterocycles. The molecule has 1 N–H and O–H groups in total. The van der Waals surface area contributed by atoms with Crippen LogP contribution in [0.5, 0.6) is 0 Å². The average molecular weight is 253 g/mol. The Labute approximate surface area is 109 Å². The fraction of sp³-hybridized carbons (Fsp3) is 0.643. The highest BCUT2D eigenvalue weighted by atomic mass is 16.4. The number of carboxylic acid groups (broad SMARTS) is 1. The zero-order valence-corrected chi connectivity index (χ0v) is 11.5. The highest BCUT2D eigenvalue weighted by Gasteiger charge is 2.15. The second kappa shape index (κ2) is 7.21. The topological polar surface area (TPSA) is 53.7 Å². The molecule has 102 valence electrons. The third-order valence-electron chi connectivity index (χ3n) is 3.24. The standard InChI is InChI=1S/C14H23NO3/c1-4-6-9-15(11(3)5-2)10-12-7-8-13(18-12)14(16)17/h7-8,11H,4-6,9-10H2,1-3H3,(H,16,17). The molecule has 0 bridgehead atoms. The molecule has 4 nitrogen and oxygen atoms in total. The minimum atomic E-state index is -1.01. The Morgan fingerprint density at radius 2 is 2.17 bits per heavy atom. The van der Waals surface area contributed by atoms with Gasteiger partial charge in [0.1, 0.15) is 5.76 Å². The van der Waals surface area contributed by atoms with Crippen molar-refractivity contribution in [1.82, 2.24) is 4.90 Å². The van der Waals surface area contributed by atoms with Crippen LogP contribution < -0.4 is 0 Å². The summed E-state index contributed by atoms with van der Waals surface area (Å²) in [6.07, 6.45) is 3.39. The van der Waals surface area contributed by atoms with Gasteiger partial charge in [0.25, 0.3) is 0 Å². The molecule has 0 radical (unpaired) electrons. The summed E-state index contributed by atoms with van der Waals surface area (Å²) in [6, 6.07) is 3.76. The normalized spacial score (nSPS) is 12.9. The molecule has 4 heteroatoms. The van der Waals surface area contributed by atoms with E-state index >= 15 is 0 Å². The first-order valence-electron chi connectivity index (χ1n) is 6.64. The summed E-state index contributed by atoms with van der Waals surface area (Å²) in [5.74, 6) is -0.265. The van der Waals surface area contributed by atoms with Crippen LogP contribution in [0.2, 0.25) is 0 Å². The van der Waals surface area contributed by atoms with Gasteiger partial charge >= 0.3 is 5.97 Å². The van der Waals surface area contributed by atoms with Crippen LogP contribution in [-0.2, 0) is 6.54 Å². The van der Waals surface area contributed by atoms with Crippen LogP contribution in [0, 0.1) is 0 Å². The van der Waals surface area contributed by atoms with E-state index in [9.17, 15) is 4.79 Å². The third kappa shape index (κ3) is 4.18. The SMILES string of the molecule is CCCCN(Cc1ccc(C(=O)O)o1)C(C)CC. The van der Waals surface area contributed by atoms with E-state index in [0.29, 0.717) is 12.6 Å². The number of unbranched alkanes of at least 4 members (excludes halogenated alkanes) is 1. The van der Waals surface area contributed by atoms with Crippen LogP contribution in [0.1, 0.15) is 56.3 Å². The Kier molecular flexibility index (Phi) is 5.92. The number of furan rings is 1. The van der Waals surface area contributed by atoms with Gasteiger partial charge in [0.15, 0.2) is 0 Å². The molecule has 1 rings (SSSR count). The molecule has 1 unspecified atom stereocenters. The lowest BCUT2D eigenvalue weighted by atomic mass is 10.2. The van der Waals surface area contributed by atoms with Crippen LogP contribution in [0.25, 0.3) is 0 Å². The fourth-order valence-electron chi connectivity index (χ4n) is 1.85. The van der Waals surface area contributed by atoms with Crippen LogP contribution in [0.3, 0.4) is 0 Å². The highest BCUT2D eigenvalue weighted by molar-refractivity contribution is 5.84. The van der Waals surface area contributed by atoms with Gasteiger partial charge in [0.05, 0.1) is 6.54 Å². The van der Waals surface area contributed by atoms with E-state index in [1.807, 2.05) is 0 Å². The van der Waals surface area contributed by atoms with Gasteiger partial charge in [-0.1, -0.05) is 20.3 Å². The largest absolute Gasteiger partial charge is 0.475 e. The molecule has 0 saturated heterocycles. The third-order valence-corrected chi connectivity index (χ3v) is 3.24. The molecule has 1 aromatic rings. The van der Waals surface area contributed by atoms with E-state index in [0.717, 1.165) is 31.6 Å². The zero-order valence-electron chi connectivity index (χ0n) is 11.5. The average Bonchev–Trinajstić information content (AvgIpc) is 2.82. The van der Waals surface area contributed by atoms with E-state index in [1.165, 1.54) is 6.07 Å². The van der Waals surface area contributed by atoms with E-state index in [4.69, 9.17) is 9.52 Å². The number of rotatable bonds is 8. The Bertz CT molecular complexity index is 373. The number of hydrogen-bond acceptors (Lipinski definition) is 3.